The normalized spacial score (nSPS) is 15.2. The third-order valence-corrected chi connectivity index (χ3v) is 4.69. The number of nitrogens with one attached hydrogen (secondary N) is 1. The summed E-state index contributed by atoms with van der Waals surface area (Å²) in [6, 6.07) is 7.24. The topological polar surface area (TPSA) is 71.8 Å². The molecule has 1 aromatic heterocycles. The third kappa shape index (κ3) is 5.52. The minimum Gasteiger partial charge on any atom is -0.484 e. The second-order valence-electron chi connectivity index (χ2n) is 6.90. The molecule has 1 N–H and O–H groups in total. The Labute approximate surface area is 165 Å². The van der Waals surface area contributed by atoms with Gasteiger partial charge < -0.3 is 19.4 Å². The fourth-order valence-electron chi connectivity index (χ4n) is 3.12. The van der Waals surface area contributed by atoms with E-state index in [1.54, 1.807) is 17.9 Å². The van der Waals surface area contributed by atoms with Crippen molar-refractivity contribution in [2.45, 2.75) is 32.0 Å². The molecule has 0 radical (unpaired) electrons. The van der Waals surface area contributed by atoms with E-state index in [-0.39, 0.29) is 29.4 Å². The van der Waals surface area contributed by atoms with Crippen LogP contribution in [-0.2, 0) is 0 Å². The average molecular weight is 410 g/mol. The second-order valence-corrected chi connectivity index (χ2v) is 6.90. The number of rotatable bonds is 5. The quantitative estimate of drug-likeness (QED) is 0.818. The van der Waals surface area contributed by atoms with Gasteiger partial charge in [-0.1, -0.05) is 0 Å². The number of halogens is 3. The molecule has 2 heterocycles. The first-order valence-corrected chi connectivity index (χ1v) is 9.17. The van der Waals surface area contributed by atoms with Gasteiger partial charge >= 0.3 is 6.18 Å². The number of hydrogen-bond acceptors (Lipinski definition) is 4. The Morgan fingerprint density at radius 1 is 1.17 bits per heavy atom. The lowest BCUT2D eigenvalue weighted by atomic mass is 10.0. The van der Waals surface area contributed by atoms with E-state index in [1.165, 1.54) is 30.5 Å². The zero-order valence-corrected chi connectivity index (χ0v) is 15.8. The van der Waals surface area contributed by atoms with E-state index < -0.39 is 12.8 Å². The summed E-state index contributed by atoms with van der Waals surface area (Å²) in [7, 11) is 0. The largest absolute Gasteiger partial charge is 0.484 e. The number of nitrogens with zero attached hydrogens (tertiary/aromatic N) is 1. The van der Waals surface area contributed by atoms with Crippen LogP contribution in [0, 0.1) is 6.92 Å². The molecule has 1 aromatic carbocycles. The van der Waals surface area contributed by atoms with E-state index in [2.05, 4.69) is 10.1 Å². The molecule has 1 aliphatic rings. The molecule has 29 heavy (non-hydrogen) atoms. The molecule has 6 nitrogen and oxygen atoms in total. The van der Waals surface area contributed by atoms with E-state index in [4.69, 9.17) is 4.42 Å². The smallest absolute Gasteiger partial charge is 0.422 e. The van der Waals surface area contributed by atoms with Crippen LogP contribution >= 0.6 is 0 Å². The van der Waals surface area contributed by atoms with Crippen molar-refractivity contribution in [2.24, 2.45) is 0 Å². The monoisotopic (exact) mass is 410 g/mol. The van der Waals surface area contributed by atoms with Crippen LogP contribution in [-0.4, -0.2) is 48.6 Å². The second kappa shape index (κ2) is 8.59. The molecular formula is C20H21F3N2O4. The molecule has 0 bridgehead atoms. The average Bonchev–Trinajstić information content (AvgIpc) is 3.12. The van der Waals surface area contributed by atoms with Gasteiger partial charge in [-0.25, -0.2) is 0 Å². The molecule has 3 rings (SSSR count). The maximum atomic E-state index is 12.6. The molecule has 0 aliphatic carbocycles. The van der Waals surface area contributed by atoms with Crippen molar-refractivity contribution >= 4 is 11.8 Å². The highest BCUT2D eigenvalue weighted by Crippen LogP contribution is 2.20. The summed E-state index contributed by atoms with van der Waals surface area (Å²) < 4.78 is 46.4. The van der Waals surface area contributed by atoms with Gasteiger partial charge in [0.05, 0.1) is 6.26 Å². The molecule has 0 spiro atoms. The summed E-state index contributed by atoms with van der Waals surface area (Å²) in [6.07, 6.45) is -1.75. The van der Waals surface area contributed by atoms with Gasteiger partial charge in [0.25, 0.3) is 11.8 Å². The first-order chi connectivity index (χ1) is 13.7. The number of carbonyl (C=O) groups excluding carboxylic acids is 2. The minimum absolute atomic E-state index is 0.0496. The Bertz CT molecular complexity index is 853. The number of likely N-dealkylation sites (tertiary alicyclic amines) is 1. The summed E-state index contributed by atoms with van der Waals surface area (Å²) in [5.74, 6) is -0.143. The SMILES string of the molecule is Cc1ccoc1C(=O)NC1CCN(C(=O)c2ccc(OCC(F)(F)F)cc2)CC1. The zero-order valence-electron chi connectivity index (χ0n) is 15.8. The van der Waals surface area contributed by atoms with E-state index in [9.17, 15) is 22.8 Å². The molecule has 2 amide bonds. The Morgan fingerprint density at radius 3 is 2.38 bits per heavy atom. The van der Waals surface area contributed by atoms with Crippen LogP contribution < -0.4 is 10.1 Å². The molecule has 156 valence electrons. The van der Waals surface area contributed by atoms with Crippen LogP contribution in [0.4, 0.5) is 13.2 Å². The van der Waals surface area contributed by atoms with E-state index in [1.807, 2.05) is 0 Å². The van der Waals surface area contributed by atoms with Crippen molar-refractivity contribution in [3.63, 3.8) is 0 Å². The Hall–Kier alpha value is -2.97. The fourth-order valence-corrected chi connectivity index (χ4v) is 3.12. The number of carbonyl (C=O) groups is 2. The van der Waals surface area contributed by atoms with Gasteiger partial charge in [0.2, 0.25) is 0 Å². The van der Waals surface area contributed by atoms with Crippen molar-refractivity contribution < 1.29 is 31.9 Å². The molecule has 0 atom stereocenters. The van der Waals surface area contributed by atoms with Gasteiger partial charge in [-0.3, -0.25) is 9.59 Å². The summed E-state index contributed by atoms with van der Waals surface area (Å²) in [6.45, 7) is 1.34. The maximum absolute atomic E-state index is 12.6. The van der Waals surface area contributed by atoms with Crippen molar-refractivity contribution in [3.8, 4) is 5.75 Å². The number of piperidine rings is 1. The van der Waals surface area contributed by atoms with Gasteiger partial charge in [0.15, 0.2) is 12.4 Å². The summed E-state index contributed by atoms with van der Waals surface area (Å²) >= 11 is 0. The van der Waals surface area contributed by atoms with E-state index >= 15 is 0 Å². The van der Waals surface area contributed by atoms with Crippen LogP contribution in [0.15, 0.2) is 41.0 Å². The molecule has 9 heteroatoms. The van der Waals surface area contributed by atoms with Gasteiger partial charge in [0, 0.05) is 30.3 Å². The summed E-state index contributed by atoms with van der Waals surface area (Å²) in [5, 5.41) is 2.92. The van der Waals surface area contributed by atoms with Crippen molar-refractivity contribution in [2.75, 3.05) is 19.7 Å². The number of hydrogen-bond donors (Lipinski definition) is 1. The molecule has 1 aliphatic heterocycles. The molecule has 2 aromatic rings. The Morgan fingerprint density at radius 2 is 1.83 bits per heavy atom. The van der Waals surface area contributed by atoms with Gasteiger partial charge in [-0.05, 0) is 50.1 Å². The van der Waals surface area contributed by atoms with Crippen molar-refractivity contribution in [1.82, 2.24) is 10.2 Å². The van der Waals surface area contributed by atoms with Gasteiger partial charge in [-0.15, -0.1) is 0 Å². The van der Waals surface area contributed by atoms with Gasteiger partial charge in [0.1, 0.15) is 5.75 Å². The number of ether oxygens (including phenoxy) is 1. The van der Waals surface area contributed by atoms with Crippen LogP contribution in [0.2, 0.25) is 0 Å². The lowest BCUT2D eigenvalue weighted by Crippen LogP contribution is -2.46. The molecule has 0 unspecified atom stereocenters. The van der Waals surface area contributed by atoms with Crippen LogP contribution in [0.1, 0.15) is 39.3 Å². The predicted molar refractivity (Wildman–Crippen MR) is 97.8 cm³/mol. The number of benzene rings is 1. The number of aryl methyl sites for hydroxylation is 1. The lowest BCUT2D eigenvalue weighted by molar-refractivity contribution is -0.153. The Balaban J connectivity index is 1.49. The standard InChI is InChI=1S/C20H21F3N2O4/c1-13-8-11-28-17(13)18(26)24-15-6-9-25(10-7-15)19(27)14-2-4-16(5-3-14)29-12-20(21,22)23/h2-5,8,11,15H,6-7,9-10,12H2,1H3,(H,24,26). The number of amides is 2. The van der Waals surface area contributed by atoms with Crippen LogP contribution in [0.5, 0.6) is 5.75 Å². The zero-order chi connectivity index (χ0) is 21.0. The fraction of sp³-hybridized carbons (Fsp3) is 0.400. The highest BCUT2D eigenvalue weighted by Gasteiger charge is 2.29. The molecule has 1 fully saturated rings. The van der Waals surface area contributed by atoms with Crippen molar-refractivity contribution in [1.29, 1.82) is 0 Å². The van der Waals surface area contributed by atoms with E-state index in [0.717, 1.165) is 5.56 Å². The number of furan rings is 1. The number of alkyl halides is 3. The third-order valence-electron chi connectivity index (χ3n) is 4.69. The summed E-state index contributed by atoms with van der Waals surface area (Å²) in [5.41, 5.74) is 1.14. The van der Waals surface area contributed by atoms with E-state index in [0.29, 0.717) is 31.5 Å². The minimum atomic E-state index is -4.41. The highest BCUT2D eigenvalue weighted by atomic mass is 19.4. The Kier molecular flexibility index (Phi) is 6.14. The predicted octanol–water partition coefficient (Wildman–Crippen LogP) is 3.56. The molecular weight excluding hydrogens is 389 g/mol. The van der Waals surface area contributed by atoms with Crippen LogP contribution in [0.25, 0.3) is 0 Å². The van der Waals surface area contributed by atoms with Crippen molar-refractivity contribution in [3.05, 3.63) is 53.5 Å². The molecule has 0 saturated carbocycles. The first-order valence-electron chi connectivity index (χ1n) is 9.17. The van der Waals surface area contributed by atoms with Gasteiger partial charge in [-0.2, -0.15) is 13.2 Å². The summed E-state index contributed by atoms with van der Waals surface area (Å²) in [4.78, 5) is 26.5. The maximum Gasteiger partial charge on any atom is 0.422 e. The van der Waals surface area contributed by atoms with Crippen LogP contribution in [0.3, 0.4) is 0 Å². The lowest BCUT2D eigenvalue weighted by Gasteiger charge is -2.32. The first kappa shape index (κ1) is 20.8. The highest BCUT2D eigenvalue weighted by molar-refractivity contribution is 5.94. The molecule has 1 saturated heterocycles.